The van der Waals surface area contributed by atoms with Crippen LogP contribution in [-0.2, 0) is 6.42 Å². The number of nitrogens with two attached hydrogens (primary N) is 4. The second kappa shape index (κ2) is 8.58. The largest absolute Gasteiger partial charge is 0.454 e. The fraction of sp³-hybridized carbons (Fsp3) is 0.143. The average molecular weight is 499 g/mol. The molecular weight excluding hydrogens is 472 g/mol. The Morgan fingerprint density at radius 2 is 1.75 bits per heavy atom. The van der Waals surface area contributed by atoms with Crippen molar-refractivity contribution in [3.63, 3.8) is 0 Å². The molecule has 8 heteroatoms. The zero-order chi connectivity index (χ0) is 25.0. The van der Waals surface area contributed by atoms with Crippen LogP contribution in [0.3, 0.4) is 0 Å². The van der Waals surface area contributed by atoms with E-state index in [-0.39, 0.29) is 12.6 Å². The summed E-state index contributed by atoms with van der Waals surface area (Å²) in [6, 6.07) is 17.0. The first-order chi connectivity index (χ1) is 17.5. The molecule has 1 unspecified atom stereocenters. The smallest absolute Gasteiger partial charge is 0.231 e. The molecule has 3 aromatic rings. The lowest BCUT2D eigenvalue weighted by Crippen LogP contribution is -2.26. The molecule has 3 aliphatic rings. The molecule has 7 nitrogen and oxygen atoms in total. The van der Waals surface area contributed by atoms with Crippen molar-refractivity contribution in [2.24, 2.45) is 11.5 Å². The summed E-state index contributed by atoms with van der Waals surface area (Å²) < 4.78 is 11.3. The van der Waals surface area contributed by atoms with E-state index in [0.29, 0.717) is 34.8 Å². The number of ketones is 1. The molecule has 3 aliphatic heterocycles. The van der Waals surface area contributed by atoms with Crippen molar-refractivity contribution >= 4 is 43.0 Å². The highest BCUT2D eigenvalue weighted by molar-refractivity contribution is 8.24. The molecule has 0 aliphatic carbocycles. The van der Waals surface area contributed by atoms with Crippen molar-refractivity contribution in [2.45, 2.75) is 6.42 Å². The van der Waals surface area contributed by atoms with Gasteiger partial charge in [0.05, 0.1) is 16.9 Å². The minimum Gasteiger partial charge on any atom is -0.454 e. The van der Waals surface area contributed by atoms with Crippen LogP contribution in [0.5, 0.6) is 11.5 Å². The minimum absolute atomic E-state index is 0.152. The first-order valence-electron chi connectivity index (χ1n) is 11.7. The van der Waals surface area contributed by atoms with Crippen LogP contribution in [0.4, 0.5) is 11.4 Å². The number of hydrogen-bond donors (Lipinski definition) is 4. The quantitative estimate of drug-likeness (QED) is 0.187. The number of nitrogen functional groups attached to an aromatic ring is 2. The lowest BCUT2D eigenvalue weighted by molar-refractivity contribution is 0.104. The molecule has 0 saturated carbocycles. The molecule has 6 rings (SSSR count). The number of aryl methyl sites for hydroxylation is 1. The third-order valence-corrected chi connectivity index (χ3v) is 9.40. The third kappa shape index (κ3) is 3.26. The Kier molecular flexibility index (Phi) is 5.35. The van der Waals surface area contributed by atoms with E-state index in [9.17, 15) is 4.79 Å². The highest BCUT2D eigenvalue weighted by Gasteiger charge is 2.36. The van der Waals surface area contributed by atoms with E-state index < -0.39 is 10.5 Å². The number of carbonyl (C=O) groups is 1. The molecule has 0 fully saturated rings. The normalized spacial score (nSPS) is 18.0. The van der Waals surface area contributed by atoms with Gasteiger partial charge in [-0.25, -0.2) is 0 Å². The zero-order valence-electron chi connectivity index (χ0n) is 19.5. The molecule has 0 saturated heterocycles. The Morgan fingerprint density at radius 3 is 2.47 bits per heavy atom. The molecule has 3 heterocycles. The number of benzene rings is 3. The monoisotopic (exact) mass is 498 g/mol. The van der Waals surface area contributed by atoms with E-state index in [0.717, 1.165) is 50.0 Å². The van der Waals surface area contributed by atoms with Gasteiger partial charge in [0.15, 0.2) is 17.3 Å². The Balaban J connectivity index is 1.68. The Bertz CT molecular complexity index is 1540. The molecule has 0 radical (unpaired) electrons. The predicted octanol–water partition coefficient (Wildman–Crippen LogP) is 3.49. The van der Waals surface area contributed by atoms with Crippen molar-refractivity contribution in [3.05, 3.63) is 94.2 Å². The summed E-state index contributed by atoms with van der Waals surface area (Å²) in [5.74, 6) is 2.10. The highest BCUT2D eigenvalue weighted by Crippen LogP contribution is 2.55. The predicted molar refractivity (Wildman–Crippen MR) is 147 cm³/mol. The summed E-state index contributed by atoms with van der Waals surface area (Å²) >= 11 is 0. The van der Waals surface area contributed by atoms with Crippen LogP contribution in [-0.4, -0.2) is 29.7 Å². The van der Waals surface area contributed by atoms with Crippen LogP contribution in [0.2, 0.25) is 0 Å². The van der Waals surface area contributed by atoms with Gasteiger partial charge in [0.25, 0.3) is 0 Å². The first-order valence-corrected chi connectivity index (χ1v) is 13.1. The number of fused-ring (bicyclic) bond motifs is 5. The van der Waals surface area contributed by atoms with Crippen LogP contribution in [0.15, 0.2) is 66.4 Å². The van der Waals surface area contributed by atoms with E-state index in [2.05, 4.69) is 6.07 Å². The lowest BCUT2D eigenvalue weighted by atomic mass is 9.88. The molecule has 3 aromatic carbocycles. The van der Waals surface area contributed by atoms with Crippen molar-refractivity contribution in [2.75, 3.05) is 30.6 Å². The number of allylic oxidation sites excluding steroid dienone is 1. The molecular formula is C28H26N4O3S. The molecule has 1 atom stereocenters. The Morgan fingerprint density at radius 1 is 1.00 bits per heavy atom. The second-order valence-corrected chi connectivity index (χ2v) is 10.8. The summed E-state index contributed by atoms with van der Waals surface area (Å²) in [5, 5.41) is 0. The van der Waals surface area contributed by atoms with Crippen molar-refractivity contribution in [3.8, 4) is 11.5 Å². The number of anilines is 2. The summed E-state index contributed by atoms with van der Waals surface area (Å²) in [7, 11) is -0.517. The van der Waals surface area contributed by atoms with Crippen LogP contribution in [0.25, 0.3) is 10.5 Å². The van der Waals surface area contributed by atoms with Gasteiger partial charge in [0.1, 0.15) is 0 Å². The van der Waals surface area contributed by atoms with Crippen LogP contribution < -0.4 is 32.4 Å². The SMILES string of the molecule is N/C=C(\C(=O)c1ccccc1)C1=S2CCc3cc4c(cc3C2=C(CN)c2ccc(N)c(N)c21)OCO4. The highest BCUT2D eigenvalue weighted by atomic mass is 32.2. The van der Waals surface area contributed by atoms with E-state index in [4.69, 9.17) is 32.4 Å². The van der Waals surface area contributed by atoms with Gasteiger partial charge in [0.2, 0.25) is 6.79 Å². The molecule has 36 heavy (non-hydrogen) atoms. The topological polar surface area (TPSA) is 140 Å². The van der Waals surface area contributed by atoms with Gasteiger partial charge in [-0.15, -0.1) is 10.5 Å². The fourth-order valence-corrected chi connectivity index (χ4v) is 8.09. The van der Waals surface area contributed by atoms with Gasteiger partial charge in [0, 0.05) is 33.6 Å². The van der Waals surface area contributed by atoms with Gasteiger partial charge < -0.3 is 32.4 Å². The lowest BCUT2D eigenvalue weighted by Gasteiger charge is -2.35. The zero-order valence-corrected chi connectivity index (χ0v) is 20.4. The van der Waals surface area contributed by atoms with Gasteiger partial charge in [-0.1, -0.05) is 36.4 Å². The maximum Gasteiger partial charge on any atom is 0.231 e. The van der Waals surface area contributed by atoms with Crippen LogP contribution in [0.1, 0.15) is 32.6 Å². The summed E-state index contributed by atoms with van der Waals surface area (Å²) in [6.45, 7) is 0.513. The average Bonchev–Trinajstić information content (AvgIpc) is 3.37. The van der Waals surface area contributed by atoms with E-state index >= 15 is 0 Å². The Hall–Kier alpha value is -4.01. The standard InChI is InChI=1S/C28H26N4O3S/c29-12-19-17-6-7-21(31)25(32)24(17)28(20(13-30)26(33)15-4-2-1-3-5-15)36-9-8-16-10-22-23(35-14-34-22)11-18(16)27(19)36/h1-7,10-11,13H,8-9,12,14,29-32H2/b20-13+. The van der Waals surface area contributed by atoms with Crippen molar-refractivity contribution in [1.29, 1.82) is 0 Å². The van der Waals surface area contributed by atoms with E-state index in [1.165, 1.54) is 11.8 Å². The van der Waals surface area contributed by atoms with Crippen molar-refractivity contribution in [1.82, 2.24) is 0 Å². The third-order valence-electron chi connectivity index (χ3n) is 6.91. The number of rotatable bonds is 4. The van der Waals surface area contributed by atoms with Crippen molar-refractivity contribution < 1.29 is 14.3 Å². The minimum atomic E-state index is -0.517. The Labute approximate surface area is 211 Å². The van der Waals surface area contributed by atoms with Crippen LogP contribution >= 0.6 is 10.5 Å². The van der Waals surface area contributed by atoms with E-state index in [1.54, 1.807) is 18.2 Å². The first kappa shape index (κ1) is 22.5. The molecule has 0 aromatic heterocycles. The number of Topliss-reactive ketones (excluding diaryl/α,β-unsaturated/α-hetero) is 1. The molecule has 0 spiro atoms. The van der Waals surface area contributed by atoms with Gasteiger partial charge in [-0.3, -0.25) is 4.79 Å². The maximum absolute atomic E-state index is 13.8. The molecule has 0 bridgehead atoms. The number of ether oxygens (including phenoxy) is 2. The molecule has 182 valence electrons. The van der Waals surface area contributed by atoms with E-state index in [1.807, 2.05) is 30.3 Å². The van der Waals surface area contributed by atoms with Crippen LogP contribution in [0, 0.1) is 0 Å². The summed E-state index contributed by atoms with van der Waals surface area (Å²) in [6.07, 6.45) is 2.21. The van der Waals surface area contributed by atoms with Gasteiger partial charge in [-0.2, -0.15) is 0 Å². The second-order valence-electron chi connectivity index (χ2n) is 8.81. The summed E-state index contributed by atoms with van der Waals surface area (Å²) in [4.78, 5) is 15.7. The van der Waals surface area contributed by atoms with Gasteiger partial charge in [-0.05, 0) is 52.6 Å². The fourth-order valence-electron chi connectivity index (χ4n) is 5.21. The summed E-state index contributed by atoms with van der Waals surface area (Å²) in [5.41, 5.74) is 32.2. The number of hydrogen-bond acceptors (Lipinski definition) is 7. The maximum atomic E-state index is 13.8. The molecule has 0 amide bonds. The van der Waals surface area contributed by atoms with Gasteiger partial charge >= 0.3 is 0 Å². The molecule has 8 N–H and O–H groups in total. The number of carbonyl (C=O) groups excluding carboxylic acids is 1.